The van der Waals surface area contributed by atoms with Crippen LogP contribution in [0.1, 0.15) is 24.2 Å². The van der Waals surface area contributed by atoms with Crippen LogP contribution >= 0.6 is 11.8 Å². The Bertz CT molecular complexity index is 996. The maximum Gasteiger partial charge on any atom is 0.329 e. The van der Waals surface area contributed by atoms with Gasteiger partial charge in [0.15, 0.2) is 6.61 Å². The molecule has 0 aliphatic heterocycles. The van der Waals surface area contributed by atoms with E-state index >= 15 is 0 Å². The van der Waals surface area contributed by atoms with Gasteiger partial charge in [0.1, 0.15) is 17.5 Å². The Kier molecular flexibility index (Phi) is 10.1. The summed E-state index contributed by atoms with van der Waals surface area (Å²) in [5, 5.41) is 5.04. The summed E-state index contributed by atoms with van der Waals surface area (Å²) >= 11 is 0.289. The molecule has 0 aliphatic rings. The van der Waals surface area contributed by atoms with Crippen molar-refractivity contribution in [3.8, 4) is 11.5 Å². The van der Waals surface area contributed by atoms with E-state index in [0.29, 0.717) is 11.5 Å². The van der Waals surface area contributed by atoms with Crippen LogP contribution in [0.4, 0.5) is 14.5 Å². The van der Waals surface area contributed by atoms with Crippen molar-refractivity contribution in [2.24, 2.45) is 5.92 Å². The number of methoxy groups -OCH3 is 2. The minimum atomic E-state index is -2.66. The van der Waals surface area contributed by atoms with Gasteiger partial charge in [-0.1, -0.05) is 37.7 Å². The molecule has 2 amide bonds. The van der Waals surface area contributed by atoms with E-state index in [0.717, 1.165) is 0 Å². The van der Waals surface area contributed by atoms with E-state index in [1.807, 2.05) is 0 Å². The molecule has 0 saturated carbocycles. The van der Waals surface area contributed by atoms with E-state index in [1.165, 1.54) is 38.5 Å². The van der Waals surface area contributed by atoms with E-state index in [-0.39, 0.29) is 33.8 Å². The van der Waals surface area contributed by atoms with Gasteiger partial charge in [0.2, 0.25) is 0 Å². The zero-order chi connectivity index (χ0) is 25.3. The third-order valence-electron chi connectivity index (χ3n) is 4.54. The number of esters is 1. The third-order valence-corrected chi connectivity index (χ3v) is 5.33. The summed E-state index contributed by atoms with van der Waals surface area (Å²) in [6.07, 6.45) is 0. The molecule has 2 aromatic carbocycles. The van der Waals surface area contributed by atoms with Crippen LogP contribution < -0.4 is 20.1 Å². The number of alkyl halides is 2. The molecule has 0 heterocycles. The number of anilines is 1. The second-order valence-electron chi connectivity index (χ2n) is 7.33. The lowest BCUT2D eigenvalue weighted by Gasteiger charge is -2.21. The second kappa shape index (κ2) is 12.8. The average molecular weight is 497 g/mol. The molecule has 2 aromatic rings. The summed E-state index contributed by atoms with van der Waals surface area (Å²) in [6.45, 7) is 2.76. The Balaban J connectivity index is 2.02. The predicted octanol–water partition coefficient (Wildman–Crippen LogP) is 3.95. The van der Waals surface area contributed by atoms with Gasteiger partial charge in [-0.15, -0.1) is 0 Å². The number of benzene rings is 2. The molecule has 0 fully saturated rings. The molecule has 0 unspecified atom stereocenters. The van der Waals surface area contributed by atoms with Crippen molar-refractivity contribution >= 4 is 35.2 Å². The van der Waals surface area contributed by atoms with Crippen LogP contribution in [0, 0.1) is 5.92 Å². The van der Waals surface area contributed by atoms with Crippen molar-refractivity contribution in [1.29, 1.82) is 0 Å². The highest BCUT2D eigenvalue weighted by Gasteiger charge is 2.27. The van der Waals surface area contributed by atoms with Gasteiger partial charge in [-0.05, 0) is 30.2 Å². The molecule has 0 bridgehead atoms. The molecular weight excluding hydrogens is 470 g/mol. The number of rotatable bonds is 11. The summed E-state index contributed by atoms with van der Waals surface area (Å²) in [6, 6.07) is 9.58. The number of hydrogen-bond donors (Lipinski definition) is 2. The summed E-state index contributed by atoms with van der Waals surface area (Å²) in [5.41, 5.74) is 0.384. The van der Waals surface area contributed by atoms with E-state index in [1.54, 1.807) is 32.0 Å². The molecule has 1 atom stereocenters. The fraction of sp³-hybridized carbons (Fsp3) is 0.348. The van der Waals surface area contributed by atoms with Crippen LogP contribution in [-0.2, 0) is 14.3 Å². The van der Waals surface area contributed by atoms with Crippen molar-refractivity contribution < 1.29 is 37.4 Å². The first-order valence-electron chi connectivity index (χ1n) is 10.2. The number of nitrogens with one attached hydrogen (secondary N) is 2. The van der Waals surface area contributed by atoms with E-state index < -0.39 is 36.2 Å². The largest absolute Gasteiger partial charge is 0.497 e. The number of hydrogen-bond acceptors (Lipinski definition) is 7. The minimum Gasteiger partial charge on any atom is -0.497 e. The Morgan fingerprint density at radius 2 is 1.62 bits per heavy atom. The quantitative estimate of drug-likeness (QED) is 0.359. The summed E-state index contributed by atoms with van der Waals surface area (Å²) in [7, 11) is 2.89. The first-order valence-corrected chi connectivity index (χ1v) is 11.1. The molecular formula is C23H26F2N2O6S. The van der Waals surface area contributed by atoms with Crippen molar-refractivity contribution in [2.45, 2.75) is 30.5 Å². The number of ether oxygens (including phenoxy) is 3. The Morgan fingerprint density at radius 3 is 2.18 bits per heavy atom. The lowest BCUT2D eigenvalue weighted by atomic mass is 10.0. The van der Waals surface area contributed by atoms with Gasteiger partial charge in [-0.25, -0.2) is 4.79 Å². The molecule has 0 spiro atoms. The predicted molar refractivity (Wildman–Crippen MR) is 124 cm³/mol. The average Bonchev–Trinajstić information content (AvgIpc) is 2.81. The molecule has 0 radical (unpaired) electrons. The molecule has 0 saturated heterocycles. The third kappa shape index (κ3) is 7.91. The maximum atomic E-state index is 12.7. The van der Waals surface area contributed by atoms with Gasteiger partial charge in [-0.2, -0.15) is 8.78 Å². The summed E-state index contributed by atoms with van der Waals surface area (Å²) in [4.78, 5) is 37.7. The number of amides is 2. The van der Waals surface area contributed by atoms with Crippen LogP contribution in [0.5, 0.6) is 11.5 Å². The summed E-state index contributed by atoms with van der Waals surface area (Å²) in [5.74, 6) is -4.29. The number of thioether (sulfide) groups is 1. The SMILES string of the molecule is COc1cc(OC)cc(C(=O)N[C@H](C(=O)OCC(=O)Nc2ccccc2SC(F)F)C(C)C)c1. The van der Waals surface area contributed by atoms with E-state index in [2.05, 4.69) is 10.6 Å². The highest BCUT2D eigenvalue weighted by atomic mass is 32.2. The van der Waals surface area contributed by atoms with E-state index in [9.17, 15) is 23.2 Å². The lowest BCUT2D eigenvalue weighted by molar-refractivity contribution is -0.150. The molecule has 34 heavy (non-hydrogen) atoms. The van der Waals surface area contributed by atoms with Gasteiger partial charge in [0, 0.05) is 16.5 Å². The summed E-state index contributed by atoms with van der Waals surface area (Å²) < 4.78 is 40.8. The first-order chi connectivity index (χ1) is 16.1. The monoisotopic (exact) mass is 496 g/mol. The molecule has 11 heteroatoms. The lowest BCUT2D eigenvalue weighted by Crippen LogP contribution is -2.46. The molecule has 2 rings (SSSR count). The van der Waals surface area contributed by atoms with Crippen LogP contribution in [0.25, 0.3) is 0 Å². The fourth-order valence-electron chi connectivity index (χ4n) is 2.84. The number of carbonyl (C=O) groups is 3. The normalized spacial score (nSPS) is 11.6. The van der Waals surface area contributed by atoms with Crippen molar-refractivity contribution in [1.82, 2.24) is 5.32 Å². The molecule has 8 nitrogen and oxygen atoms in total. The Hall–Kier alpha value is -3.34. The van der Waals surface area contributed by atoms with Crippen molar-refractivity contribution in [2.75, 3.05) is 26.1 Å². The van der Waals surface area contributed by atoms with Crippen molar-refractivity contribution in [3.05, 3.63) is 48.0 Å². The van der Waals surface area contributed by atoms with Gasteiger partial charge < -0.3 is 24.8 Å². The zero-order valence-corrected chi connectivity index (χ0v) is 19.9. The number of halogens is 2. The first kappa shape index (κ1) is 26.9. The van der Waals surface area contributed by atoms with Crippen LogP contribution in [0.15, 0.2) is 47.4 Å². The Labute approximate surface area is 200 Å². The van der Waals surface area contributed by atoms with Gasteiger partial charge in [-0.3, -0.25) is 9.59 Å². The number of para-hydroxylation sites is 1. The molecule has 0 aromatic heterocycles. The van der Waals surface area contributed by atoms with Gasteiger partial charge in [0.05, 0.1) is 19.9 Å². The molecule has 184 valence electrons. The molecule has 2 N–H and O–H groups in total. The van der Waals surface area contributed by atoms with E-state index in [4.69, 9.17) is 14.2 Å². The fourth-order valence-corrected chi connectivity index (χ4v) is 3.44. The topological polar surface area (TPSA) is 103 Å². The van der Waals surface area contributed by atoms with Crippen LogP contribution in [0.2, 0.25) is 0 Å². The minimum absolute atomic E-state index is 0.175. The zero-order valence-electron chi connectivity index (χ0n) is 19.1. The van der Waals surface area contributed by atoms with Gasteiger partial charge >= 0.3 is 5.97 Å². The highest BCUT2D eigenvalue weighted by Crippen LogP contribution is 2.31. The molecule has 0 aliphatic carbocycles. The standard InChI is InChI=1S/C23H26F2N2O6S/c1-13(2)20(27-21(29)14-9-15(31-3)11-16(10-14)32-4)22(30)33-12-19(28)26-17-7-5-6-8-18(17)34-23(24)25/h5-11,13,20,23H,12H2,1-4H3,(H,26,28)(H,27,29)/t20-/m0/s1. The second-order valence-corrected chi connectivity index (χ2v) is 8.36. The number of carbonyl (C=O) groups excluding carboxylic acids is 3. The van der Waals surface area contributed by atoms with Gasteiger partial charge in [0.25, 0.3) is 17.6 Å². The van der Waals surface area contributed by atoms with Crippen LogP contribution in [-0.4, -0.2) is 50.4 Å². The maximum absolute atomic E-state index is 12.7. The van der Waals surface area contributed by atoms with Crippen LogP contribution in [0.3, 0.4) is 0 Å². The highest BCUT2D eigenvalue weighted by molar-refractivity contribution is 7.99. The van der Waals surface area contributed by atoms with Crippen molar-refractivity contribution in [3.63, 3.8) is 0 Å². The smallest absolute Gasteiger partial charge is 0.329 e. The Morgan fingerprint density at radius 1 is 1.00 bits per heavy atom.